The minimum absolute atomic E-state index is 0.119. The Hall–Kier alpha value is -4.87. The fourth-order valence-corrected chi connectivity index (χ4v) is 9.66. The van der Waals surface area contributed by atoms with Crippen molar-refractivity contribution in [3.63, 3.8) is 0 Å². The molecule has 55 heavy (non-hydrogen) atoms. The van der Waals surface area contributed by atoms with Crippen molar-refractivity contribution < 1.29 is 46.1 Å². The van der Waals surface area contributed by atoms with Gasteiger partial charge >= 0.3 is 6.09 Å². The maximum Gasteiger partial charge on any atom is 0.404 e. The van der Waals surface area contributed by atoms with Gasteiger partial charge in [-0.15, -0.1) is 10.2 Å². The van der Waals surface area contributed by atoms with Crippen molar-refractivity contribution in [3.05, 3.63) is 105 Å². The molecule has 4 aromatic carbocycles. The highest BCUT2D eigenvalue weighted by Crippen LogP contribution is 2.38. The minimum atomic E-state index is -4.80. The van der Waals surface area contributed by atoms with E-state index < -0.39 is 55.1 Å². The number of ether oxygens (including phenoxy) is 3. The number of nitrogens with one attached hydrogen (secondary N) is 2. The Bertz CT molecular complexity index is 2260. The fourth-order valence-electron chi connectivity index (χ4n) is 5.31. The van der Waals surface area contributed by atoms with E-state index in [4.69, 9.17) is 19.3 Å². The molecule has 0 saturated heterocycles. The molecule has 1 heterocycles. The number of halogens is 1. The zero-order chi connectivity index (χ0) is 39.8. The lowest BCUT2D eigenvalue weighted by molar-refractivity contribution is 0.159. The quantitative estimate of drug-likeness (QED) is 0.0928. The highest BCUT2D eigenvalue weighted by molar-refractivity contribution is 14.1. The molecular formula is C35H38IN7O10S2. The van der Waals surface area contributed by atoms with Crippen LogP contribution in [0.3, 0.4) is 0 Å². The molecule has 0 aliphatic rings. The fraction of sp³-hybridized carbons (Fsp3) is 0.257. The maximum absolute atomic E-state index is 15.2. The molecule has 0 fully saturated rings. The number of sulfonamides is 2. The normalized spacial score (nSPS) is 12.3. The van der Waals surface area contributed by atoms with Gasteiger partial charge in [-0.05, 0) is 93.0 Å². The number of hydrogen-bond acceptors (Lipinski definition) is 12. The van der Waals surface area contributed by atoms with Crippen LogP contribution in [0, 0.1) is 3.57 Å². The molecule has 0 unspecified atom stereocenters. The van der Waals surface area contributed by atoms with Crippen LogP contribution >= 0.6 is 22.6 Å². The van der Waals surface area contributed by atoms with Crippen LogP contribution in [-0.4, -0.2) is 98.2 Å². The van der Waals surface area contributed by atoms with E-state index in [1.54, 1.807) is 79.9 Å². The van der Waals surface area contributed by atoms with Crippen LogP contribution in [0.4, 0.5) is 4.79 Å². The average molecular weight is 908 g/mol. The van der Waals surface area contributed by atoms with Crippen molar-refractivity contribution in [1.29, 1.82) is 0 Å². The number of amides is 1. The van der Waals surface area contributed by atoms with E-state index in [-0.39, 0.29) is 31.0 Å². The van der Waals surface area contributed by atoms with E-state index >= 15 is 8.42 Å². The summed E-state index contributed by atoms with van der Waals surface area (Å²) in [6.45, 7) is -1.35. The number of methoxy groups -OCH3 is 3. The first-order valence-electron chi connectivity index (χ1n) is 16.4. The molecule has 5 aromatic rings. The molecule has 0 saturated carbocycles. The molecule has 5 rings (SSSR count). The first kappa shape index (κ1) is 41.3. The molecule has 1 amide bonds. The van der Waals surface area contributed by atoms with Crippen LogP contribution < -0.4 is 24.2 Å². The monoisotopic (exact) mass is 907 g/mol. The minimum Gasteiger partial charge on any atom is -0.497 e. The summed E-state index contributed by atoms with van der Waals surface area (Å²) in [5, 5.41) is 34.0. The molecule has 1 aromatic heterocycles. The van der Waals surface area contributed by atoms with Crippen molar-refractivity contribution in [3.8, 4) is 28.6 Å². The molecule has 0 spiro atoms. The highest BCUT2D eigenvalue weighted by Gasteiger charge is 2.37. The maximum atomic E-state index is 15.2. The van der Waals surface area contributed by atoms with E-state index in [0.717, 1.165) is 15.9 Å². The van der Waals surface area contributed by atoms with Crippen molar-refractivity contribution in [2.75, 3.05) is 34.4 Å². The Kier molecular flexibility index (Phi) is 13.6. The average Bonchev–Trinajstić information content (AvgIpc) is 3.64. The summed E-state index contributed by atoms with van der Waals surface area (Å²) in [6, 6.07) is 23.2. The largest absolute Gasteiger partial charge is 0.497 e. The van der Waals surface area contributed by atoms with Gasteiger partial charge < -0.3 is 29.7 Å². The van der Waals surface area contributed by atoms with E-state index in [1.165, 1.54) is 25.1 Å². The number of hydrogen-bond donors (Lipinski definition) is 4. The standard InChI is InChI=1S/C35H38IN7O10S2/c1-51-27-10-4-23(5-11-27)20-42(21-24-6-12-28(52-2)13-7-24)55(49,50)33-31(54(47,48)38-19-26(44)18-37-35(45)46)17-16-30(36)32(33)34-39-41-43(40-34)22-25-8-14-29(53-3)15-9-25/h4-17,26,37-38,44H,18-22H2,1-3H3,(H,45,46)/t26-/m1/s1. The molecule has 4 N–H and O–H groups in total. The predicted octanol–water partition coefficient (Wildman–Crippen LogP) is 3.32. The number of aliphatic hydroxyl groups excluding tert-OH is 1. The van der Waals surface area contributed by atoms with Crippen molar-refractivity contribution in [2.24, 2.45) is 0 Å². The van der Waals surface area contributed by atoms with Gasteiger partial charge in [0.25, 0.3) is 0 Å². The summed E-state index contributed by atoms with van der Waals surface area (Å²) >= 11 is 1.89. The van der Waals surface area contributed by atoms with Crippen LogP contribution in [-0.2, 0) is 39.7 Å². The summed E-state index contributed by atoms with van der Waals surface area (Å²) in [5.41, 5.74) is 1.82. The van der Waals surface area contributed by atoms with Crippen molar-refractivity contribution in [1.82, 2.24) is 34.6 Å². The first-order valence-corrected chi connectivity index (χ1v) is 20.4. The smallest absolute Gasteiger partial charge is 0.404 e. The van der Waals surface area contributed by atoms with Crippen LogP contribution in [0.2, 0.25) is 0 Å². The lowest BCUT2D eigenvalue weighted by Gasteiger charge is -2.26. The van der Waals surface area contributed by atoms with Gasteiger partial charge in [-0.2, -0.15) is 9.10 Å². The second kappa shape index (κ2) is 18.2. The summed E-state index contributed by atoms with van der Waals surface area (Å²) in [5.74, 6) is 1.59. The summed E-state index contributed by atoms with van der Waals surface area (Å²) in [7, 11) is -4.96. The molecule has 0 aliphatic heterocycles. The third kappa shape index (κ3) is 10.5. The Labute approximate surface area is 331 Å². The number of nitrogens with zero attached hydrogens (tertiary/aromatic N) is 5. The number of carboxylic acid groups (broad SMARTS) is 1. The molecule has 0 aliphatic carbocycles. The van der Waals surface area contributed by atoms with Gasteiger partial charge in [0.2, 0.25) is 25.9 Å². The number of rotatable bonds is 18. The Morgan fingerprint density at radius 2 is 1.31 bits per heavy atom. The van der Waals surface area contributed by atoms with Crippen LogP contribution in [0.25, 0.3) is 11.4 Å². The molecule has 0 radical (unpaired) electrons. The lowest BCUT2D eigenvalue weighted by atomic mass is 10.2. The number of aliphatic hydroxyl groups is 1. The molecular weight excluding hydrogens is 869 g/mol. The summed E-state index contributed by atoms with van der Waals surface area (Å²) in [6.07, 6.45) is -2.89. The van der Waals surface area contributed by atoms with E-state index in [1.807, 2.05) is 27.9 Å². The second-order valence-electron chi connectivity index (χ2n) is 11.9. The molecule has 292 valence electrons. The van der Waals surface area contributed by atoms with Gasteiger partial charge in [0.15, 0.2) is 0 Å². The van der Waals surface area contributed by atoms with Gasteiger partial charge in [0, 0.05) is 29.7 Å². The Morgan fingerprint density at radius 3 is 1.80 bits per heavy atom. The molecule has 1 atom stereocenters. The van der Waals surface area contributed by atoms with Gasteiger partial charge in [-0.3, -0.25) is 0 Å². The third-order valence-electron chi connectivity index (χ3n) is 8.15. The van der Waals surface area contributed by atoms with Gasteiger partial charge in [0.05, 0.1) is 39.5 Å². The van der Waals surface area contributed by atoms with Crippen molar-refractivity contribution >= 4 is 48.7 Å². The number of aromatic nitrogens is 4. The van der Waals surface area contributed by atoms with Crippen molar-refractivity contribution in [2.45, 2.75) is 35.5 Å². The lowest BCUT2D eigenvalue weighted by Crippen LogP contribution is -2.40. The van der Waals surface area contributed by atoms with Crippen LogP contribution in [0.1, 0.15) is 16.7 Å². The van der Waals surface area contributed by atoms with Gasteiger partial charge in [0.1, 0.15) is 27.0 Å². The summed E-state index contributed by atoms with van der Waals surface area (Å²) < 4.78 is 78.1. The number of benzene rings is 4. The molecule has 0 bridgehead atoms. The third-order valence-corrected chi connectivity index (χ3v) is 12.5. The van der Waals surface area contributed by atoms with Crippen LogP contribution in [0.15, 0.2) is 94.7 Å². The Balaban J connectivity index is 1.65. The topological polar surface area (TPSA) is 224 Å². The summed E-state index contributed by atoms with van der Waals surface area (Å²) in [4.78, 5) is 10.9. The zero-order valence-corrected chi connectivity index (χ0v) is 33.6. The van der Waals surface area contributed by atoms with Crippen LogP contribution in [0.5, 0.6) is 17.2 Å². The molecule has 20 heteroatoms. The predicted molar refractivity (Wildman–Crippen MR) is 208 cm³/mol. The number of tetrazole rings is 1. The first-order chi connectivity index (χ1) is 26.2. The molecule has 17 nitrogen and oxygen atoms in total. The van der Waals surface area contributed by atoms with E-state index in [0.29, 0.717) is 31.9 Å². The number of carbonyl (C=O) groups is 1. The highest BCUT2D eigenvalue weighted by atomic mass is 127. The van der Waals surface area contributed by atoms with Gasteiger partial charge in [-0.1, -0.05) is 36.4 Å². The van der Waals surface area contributed by atoms with Gasteiger partial charge in [-0.25, -0.2) is 26.4 Å². The second-order valence-corrected chi connectivity index (χ2v) is 16.7. The van der Waals surface area contributed by atoms with E-state index in [9.17, 15) is 18.3 Å². The SMILES string of the molecule is COc1ccc(CN(Cc2ccc(OC)cc2)S(=O)(=O)c2c(S(=O)(=O)NC[C@H](O)CNC(=O)O)ccc(I)c2-c2nnn(Cc3ccc(OC)cc3)n2)cc1. The Morgan fingerprint density at radius 1 is 0.800 bits per heavy atom. The zero-order valence-electron chi connectivity index (χ0n) is 29.8. The van der Waals surface area contributed by atoms with E-state index in [2.05, 4.69) is 20.1 Å².